The number of carbonyl (C=O) groups is 1. The van der Waals surface area contributed by atoms with Crippen LogP contribution in [0.4, 0.5) is 14.5 Å². The topological polar surface area (TPSA) is 86.7 Å². The van der Waals surface area contributed by atoms with Gasteiger partial charge in [0, 0.05) is 30.4 Å². The van der Waals surface area contributed by atoms with Crippen LogP contribution in [-0.2, 0) is 10.0 Å². The van der Waals surface area contributed by atoms with E-state index < -0.39 is 38.2 Å². The zero-order valence-electron chi connectivity index (χ0n) is 15.8. The van der Waals surface area contributed by atoms with Crippen LogP contribution < -0.4 is 5.32 Å². The molecule has 0 bridgehead atoms. The van der Waals surface area contributed by atoms with Crippen molar-refractivity contribution in [1.29, 1.82) is 0 Å². The van der Waals surface area contributed by atoms with Crippen molar-refractivity contribution in [2.45, 2.75) is 30.3 Å². The van der Waals surface area contributed by atoms with Gasteiger partial charge in [0.2, 0.25) is 10.0 Å². The predicted molar refractivity (Wildman–Crippen MR) is 109 cm³/mol. The van der Waals surface area contributed by atoms with Crippen molar-refractivity contribution >= 4 is 44.8 Å². The second-order valence-corrected chi connectivity index (χ2v) is 9.97. The average molecular weight is 479 g/mol. The monoisotopic (exact) mass is 478 g/mol. The molecule has 0 unspecified atom stereocenters. The van der Waals surface area contributed by atoms with Gasteiger partial charge >= 0.3 is 0 Å². The number of nitrogens with zero attached hydrogens (tertiary/aromatic N) is 1. The van der Waals surface area contributed by atoms with Crippen LogP contribution in [0.15, 0.2) is 35.2 Å². The molecule has 1 amide bonds. The largest absolute Gasteiger partial charge is 0.390 e. The lowest BCUT2D eigenvalue weighted by molar-refractivity contribution is 0.0126. The number of hydrogen-bond acceptors (Lipinski definition) is 4. The minimum atomic E-state index is -4.01. The molecule has 1 saturated heterocycles. The van der Waals surface area contributed by atoms with Crippen LogP contribution in [0.25, 0.3) is 0 Å². The molecule has 3 rings (SSSR count). The van der Waals surface area contributed by atoms with E-state index in [1.165, 1.54) is 16.4 Å². The number of benzene rings is 2. The van der Waals surface area contributed by atoms with Gasteiger partial charge in [-0.15, -0.1) is 0 Å². The molecule has 0 radical (unpaired) electrons. The van der Waals surface area contributed by atoms with Crippen molar-refractivity contribution in [2.24, 2.45) is 0 Å². The molecule has 11 heteroatoms. The van der Waals surface area contributed by atoms with E-state index in [9.17, 15) is 27.1 Å². The molecular formula is C19H18Cl2F2N2O4S. The van der Waals surface area contributed by atoms with E-state index in [0.29, 0.717) is 0 Å². The highest BCUT2D eigenvalue weighted by Crippen LogP contribution is 2.31. The summed E-state index contributed by atoms with van der Waals surface area (Å²) >= 11 is 11.7. The van der Waals surface area contributed by atoms with Gasteiger partial charge in [-0.1, -0.05) is 23.2 Å². The van der Waals surface area contributed by atoms with Gasteiger partial charge in [0.05, 0.1) is 15.6 Å². The zero-order chi connectivity index (χ0) is 22.3. The third kappa shape index (κ3) is 4.76. The highest BCUT2D eigenvalue weighted by molar-refractivity contribution is 7.89. The van der Waals surface area contributed by atoms with Gasteiger partial charge in [0.25, 0.3) is 5.91 Å². The third-order valence-corrected chi connectivity index (χ3v) is 7.51. The fraction of sp³-hybridized carbons (Fsp3) is 0.316. The van der Waals surface area contributed by atoms with Crippen molar-refractivity contribution < 1.29 is 27.1 Å². The zero-order valence-corrected chi connectivity index (χ0v) is 18.1. The molecule has 30 heavy (non-hydrogen) atoms. The number of hydrogen-bond donors (Lipinski definition) is 2. The van der Waals surface area contributed by atoms with E-state index in [0.717, 1.165) is 18.2 Å². The normalized spacial score (nSPS) is 17.0. The third-order valence-electron chi connectivity index (χ3n) is 4.85. The van der Waals surface area contributed by atoms with Crippen LogP contribution in [0.5, 0.6) is 0 Å². The summed E-state index contributed by atoms with van der Waals surface area (Å²) in [7, 11) is -4.01. The van der Waals surface area contributed by atoms with Crippen LogP contribution >= 0.6 is 23.2 Å². The second-order valence-electron chi connectivity index (χ2n) is 7.25. The maximum atomic E-state index is 13.5. The standard InChI is InChI=1S/C19H18Cl2F2N2O4S/c1-19(27)4-6-25(7-5-19)30(28,29)16-8-11(2-3-13(16)20)18(26)24-12-9-14(21)17(23)15(22)10-12/h2-3,8-10,27H,4-7H2,1H3,(H,24,26). The smallest absolute Gasteiger partial charge is 0.255 e. The summed E-state index contributed by atoms with van der Waals surface area (Å²) in [6, 6.07) is 5.47. The minimum Gasteiger partial charge on any atom is -0.390 e. The van der Waals surface area contributed by atoms with E-state index >= 15 is 0 Å². The Bertz CT molecular complexity index is 1080. The van der Waals surface area contributed by atoms with Crippen molar-refractivity contribution in [2.75, 3.05) is 18.4 Å². The molecule has 1 heterocycles. The van der Waals surface area contributed by atoms with Gasteiger partial charge in [-0.05, 0) is 44.0 Å². The number of piperidine rings is 1. The number of aliphatic hydroxyl groups is 1. The van der Waals surface area contributed by atoms with Crippen molar-refractivity contribution in [3.8, 4) is 0 Å². The van der Waals surface area contributed by atoms with Gasteiger partial charge in [-0.2, -0.15) is 4.31 Å². The van der Waals surface area contributed by atoms with Gasteiger partial charge in [0.15, 0.2) is 11.6 Å². The van der Waals surface area contributed by atoms with Crippen LogP contribution in [0.3, 0.4) is 0 Å². The van der Waals surface area contributed by atoms with Gasteiger partial charge in [0.1, 0.15) is 4.90 Å². The maximum Gasteiger partial charge on any atom is 0.255 e. The van der Waals surface area contributed by atoms with Gasteiger partial charge in [-0.25, -0.2) is 17.2 Å². The van der Waals surface area contributed by atoms with Crippen LogP contribution in [0.1, 0.15) is 30.1 Å². The fourth-order valence-electron chi connectivity index (χ4n) is 3.02. The van der Waals surface area contributed by atoms with E-state index in [2.05, 4.69) is 5.32 Å². The quantitative estimate of drug-likeness (QED) is 0.648. The molecule has 0 saturated carbocycles. The Kier molecular flexibility index (Phi) is 6.41. The predicted octanol–water partition coefficient (Wildman–Crippen LogP) is 4.06. The Balaban J connectivity index is 1.87. The summed E-state index contributed by atoms with van der Waals surface area (Å²) in [6.45, 7) is 1.85. The second kappa shape index (κ2) is 8.39. The highest BCUT2D eigenvalue weighted by atomic mass is 35.5. The molecule has 1 aliphatic heterocycles. The lowest BCUT2D eigenvalue weighted by Crippen LogP contribution is -2.45. The van der Waals surface area contributed by atoms with Crippen molar-refractivity contribution in [3.05, 3.63) is 57.6 Å². The molecule has 0 spiro atoms. The Morgan fingerprint density at radius 1 is 1.13 bits per heavy atom. The molecule has 0 aromatic heterocycles. The summed E-state index contributed by atoms with van der Waals surface area (Å²) in [5.41, 5.74) is -1.09. The van der Waals surface area contributed by atoms with Gasteiger partial charge in [-0.3, -0.25) is 4.79 Å². The molecule has 6 nitrogen and oxygen atoms in total. The minimum absolute atomic E-state index is 0.0529. The highest BCUT2D eigenvalue weighted by Gasteiger charge is 2.35. The van der Waals surface area contributed by atoms with Crippen LogP contribution in [0, 0.1) is 11.6 Å². The summed E-state index contributed by atoms with van der Waals surface area (Å²) in [5.74, 6) is -3.24. The first-order valence-electron chi connectivity index (χ1n) is 8.89. The maximum absolute atomic E-state index is 13.5. The van der Waals surface area contributed by atoms with Crippen molar-refractivity contribution in [3.63, 3.8) is 0 Å². The molecule has 1 fully saturated rings. The van der Waals surface area contributed by atoms with Crippen molar-refractivity contribution in [1.82, 2.24) is 4.31 Å². The Hall–Kier alpha value is -1.78. The SMILES string of the molecule is CC1(O)CCN(S(=O)(=O)c2cc(C(=O)Nc3cc(F)c(F)c(Cl)c3)ccc2Cl)CC1. The summed E-state index contributed by atoms with van der Waals surface area (Å²) < 4.78 is 54.0. The lowest BCUT2D eigenvalue weighted by Gasteiger charge is -2.35. The van der Waals surface area contributed by atoms with Gasteiger partial charge < -0.3 is 10.4 Å². The lowest BCUT2D eigenvalue weighted by atomic mass is 9.95. The Labute approximate surface area is 182 Å². The molecule has 0 aliphatic carbocycles. The molecule has 1 aliphatic rings. The van der Waals surface area contributed by atoms with E-state index in [-0.39, 0.29) is 47.1 Å². The summed E-state index contributed by atoms with van der Waals surface area (Å²) in [5, 5.41) is 11.8. The average Bonchev–Trinajstić information content (AvgIpc) is 2.65. The molecule has 2 aromatic carbocycles. The number of nitrogens with one attached hydrogen (secondary N) is 1. The number of amides is 1. The Morgan fingerprint density at radius 2 is 1.77 bits per heavy atom. The van der Waals surface area contributed by atoms with Crippen LogP contribution in [0.2, 0.25) is 10.0 Å². The Morgan fingerprint density at radius 3 is 2.37 bits per heavy atom. The first kappa shape index (κ1) is 22.9. The van der Waals surface area contributed by atoms with Crippen LogP contribution in [-0.4, -0.2) is 42.4 Å². The number of anilines is 1. The first-order chi connectivity index (χ1) is 13.9. The van der Waals surface area contributed by atoms with E-state index in [4.69, 9.17) is 23.2 Å². The fourth-order valence-corrected chi connectivity index (χ4v) is 5.17. The number of sulfonamides is 1. The molecule has 0 atom stereocenters. The van der Waals surface area contributed by atoms with E-state index in [1.807, 2.05) is 0 Å². The first-order valence-corrected chi connectivity index (χ1v) is 11.1. The number of halogens is 4. The number of rotatable bonds is 4. The summed E-state index contributed by atoms with van der Waals surface area (Å²) in [6.07, 6.45) is 0.530. The van der Waals surface area contributed by atoms with E-state index in [1.54, 1.807) is 6.92 Å². The molecular weight excluding hydrogens is 461 g/mol. The molecule has 2 aromatic rings. The molecule has 162 valence electrons. The summed E-state index contributed by atoms with van der Waals surface area (Å²) in [4.78, 5) is 12.3. The number of carbonyl (C=O) groups excluding carboxylic acids is 1. The molecule has 2 N–H and O–H groups in total.